The predicted molar refractivity (Wildman–Crippen MR) is 153 cm³/mol. The second-order valence-electron chi connectivity index (χ2n) is 10.2. The van der Waals surface area contributed by atoms with Crippen LogP contribution in [0, 0.1) is 0 Å². The van der Waals surface area contributed by atoms with E-state index in [0.717, 1.165) is 42.6 Å². The fourth-order valence-electron chi connectivity index (χ4n) is 6.19. The highest BCUT2D eigenvalue weighted by atomic mass is 32.2. The smallest absolute Gasteiger partial charge is 0.339 e. The number of hydrogen-bond donors (Lipinski definition) is 0. The molecule has 1 aliphatic heterocycles. The fraction of sp³-hybridized carbons (Fsp3) is 0.375. The number of nitrogens with zero attached hydrogens (tertiary/aromatic N) is 1. The van der Waals surface area contributed by atoms with Gasteiger partial charge in [-0.15, -0.1) is 6.58 Å². The van der Waals surface area contributed by atoms with E-state index in [-0.39, 0.29) is 34.6 Å². The normalized spacial score (nSPS) is 18.0. The Balaban J connectivity index is 1.72. The van der Waals surface area contributed by atoms with Crippen LogP contribution in [0.25, 0.3) is 0 Å². The van der Waals surface area contributed by atoms with E-state index in [0.29, 0.717) is 42.5 Å². The summed E-state index contributed by atoms with van der Waals surface area (Å²) >= 11 is 0. The van der Waals surface area contributed by atoms with E-state index >= 15 is 0 Å². The van der Waals surface area contributed by atoms with Crippen LogP contribution in [0.3, 0.4) is 0 Å². The number of ether oxygens (including phenoxy) is 1. The maximum Gasteiger partial charge on any atom is 0.339 e. The molecule has 210 valence electrons. The van der Waals surface area contributed by atoms with Gasteiger partial charge in [-0.2, -0.15) is 8.42 Å². The van der Waals surface area contributed by atoms with Crippen molar-refractivity contribution in [2.24, 2.45) is 0 Å². The molecule has 2 aromatic rings. The molecule has 8 heteroatoms. The van der Waals surface area contributed by atoms with Crippen LogP contribution in [-0.2, 0) is 26.1 Å². The molecular weight excluding hydrogens is 526 g/mol. The third kappa shape index (κ3) is 5.01. The quantitative estimate of drug-likeness (QED) is 0.273. The molecule has 2 aromatic carbocycles. The average molecular weight is 562 g/mol. The van der Waals surface area contributed by atoms with E-state index in [1.807, 2.05) is 13.0 Å². The van der Waals surface area contributed by atoms with Crippen LogP contribution in [0.15, 0.2) is 82.6 Å². The Morgan fingerprint density at radius 1 is 0.950 bits per heavy atom. The molecule has 2 aliphatic carbocycles. The monoisotopic (exact) mass is 561 g/mol. The molecule has 0 aromatic heterocycles. The summed E-state index contributed by atoms with van der Waals surface area (Å²) in [5.74, 6) is -0.0654. The maximum absolute atomic E-state index is 13.5. The molecule has 0 saturated carbocycles. The van der Waals surface area contributed by atoms with E-state index in [2.05, 4.69) is 18.4 Å². The fourth-order valence-corrected chi connectivity index (χ4v) is 7.19. The summed E-state index contributed by atoms with van der Waals surface area (Å²) in [5, 5.41) is 0. The summed E-state index contributed by atoms with van der Waals surface area (Å²) in [5.41, 5.74) is 4.66. The van der Waals surface area contributed by atoms with Gasteiger partial charge in [0.05, 0.1) is 6.61 Å². The number of hydrogen-bond acceptors (Lipinski definition) is 7. The average Bonchev–Trinajstić information content (AvgIpc) is 2.94. The first-order chi connectivity index (χ1) is 19.3. The molecule has 0 radical (unpaired) electrons. The van der Waals surface area contributed by atoms with Gasteiger partial charge in [-0.25, -0.2) is 0 Å². The molecule has 0 amide bonds. The number of Topliss-reactive ketones (excluding diaryl/α,β-unsaturated/α-hetero) is 2. The summed E-state index contributed by atoms with van der Waals surface area (Å²) < 4.78 is 38.1. The minimum absolute atomic E-state index is 0.0308. The van der Waals surface area contributed by atoms with E-state index in [1.54, 1.807) is 30.3 Å². The minimum Gasteiger partial charge on any atom is -0.490 e. The van der Waals surface area contributed by atoms with E-state index in [9.17, 15) is 18.0 Å². The Bertz CT molecular complexity index is 1480. The lowest BCUT2D eigenvalue weighted by Gasteiger charge is -2.43. The topological polar surface area (TPSA) is 90.0 Å². The summed E-state index contributed by atoms with van der Waals surface area (Å²) in [6, 6.07) is 11.6. The van der Waals surface area contributed by atoms with Gasteiger partial charge in [0.1, 0.15) is 4.90 Å². The largest absolute Gasteiger partial charge is 0.490 e. The summed E-state index contributed by atoms with van der Waals surface area (Å²) in [7, 11) is -4.15. The Hall–Kier alpha value is -3.65. The van der Waals surface area contributed by atoms with E-state index in [4.69, 9.17) is 8.92 Å². The standard InChI is InChI=1S/C32H35NO6S/c1-4-12-21-19-22(20-28(38-6-3)32(21)39-40(36,37)23-13-8-7-9-14-23)29-30-24(15-10-17-26(30)34)33(5-2)25-16-11-18-27(35)31(25)29/h4,7-9,13-14,19-20,29H,1,5-6,10-12,15-18H2,2-3H3. The first-order valence-corrected chi connectivity index (χ1v) is 15.4. The lowest BCUT2D eigenvalue weighted by molar-refractivity contribution is -0.117. The predicted octanol–water partition coefficient (Wildman–Crippen LogP) is 6.01. The summed E-state index contributed by atoms with van der Waals surface area (Å²) in [6.07, 6.45) is 6.00. The van der Waals surface area contributed by atoms with Crippen molar-refractivity contribution in [2.45, 2.75) is 69.6 Å². The van der Waals surface area contributed by atoms with Crippen LogP contribution in [-0.4, -0.2) is 38.0 Å². The molecule has 0 unspecified atom stereocenters. The minimum atomic E-state index is -4.15. The second kappa shape index (κ2) is 11.5. The molecule has 0 spiro atoms. The third-order valence-corrected chi connectivity index (χ3v) is 9.01. The summed E-state index contributed by atoms with van der Waals surface area (Å²) in [4.78, 5) is 29.3. The first kappa shape index (κ1) is 27.9. The van der Waals surface area contributed by atoms with Gasteiger partial charge in [0.15, 0.2) is 23.1 Å². The van der Waals surface area contributed by atoms with Crippen LogP contribution in [0.2, 0.25) is 0 Å². The molecule has 5 rings (SSSR count). The first-order valence-electron chi connectivity index (χ1n) is 14.0. The zero-order chi connectivity index (χ0) is 28.4. The van der Waals surface area contributed by atoms with Gasteiger partial charge in [0.2, 0.25) is 0 Å². The number of carbonyl (C=O) groups is 2. The highest BCUT2D eigenvalue weighted by Crippen LogP contribution is 2.50. The van der Waals surface area contributed by atoms with E-state index in [1.165, 1.54) is 12.1 Å². The summed E-state index contributed by atoms with van der Waals surface area (Å²) in [6.45, 7) is 8.70. The van der Waals surface area contributed by atoms with Gasteiger partial charge in [-0.05, 0) is 69.7 Å². The lowest BCUT2D eigenvalue weighted by Crippen LogP contribution is -2.39. The molecule has 3 aliphatic rings. The second-order valence-corrected chi connectivity index (χ2v) is 11.8. The maximum atomic E-state index is 13.5. The van der Waals surface area contributed by atoms with Gasteiger partial charge in [-0.1, -0.05) is 30.3 Å². The van der Waals surface area contributed by atoms with Gasteiger partial charge < -0.3 is 13.8 Å². The van der Waals surface area contributed by atoms with Gasteiger partial charge in [0, 0.05) is 53.4 Å². The van der Waals surface area contributed by atoms with Gasteiger partial charge in [-0.3, -0.25) is 9.59 Å². The molecule has 0 fully saturated rings. The van der Waals surface area contributed by atoms with Crippen LogP contribution < -0.4 is 8.92 Å². The Morgan fingerprint density at radius 2 is 1.57 bits per heavy atom. The van der Waals surface area contributed by atoms with Crippen LogP contribution >= 0.6 is 0 Å². The molecule has 40 heavy (non-hydrogen) atoms. The van der Waals surface area contributed by atoms with Crippen molar-refractivity contribution in [3.05, 3.63) is 88.8 Å². The molecule has 0 saturated heterocycles. The number of carbonyl (C=O) groups excluding carboxylic acids is 2. The van der Waals surface area contributed by atoms with Crippen molar-refractivity contribution in [3.8, 4) is 11.5 Å². The van der Waals surface area contributed by atoms with Gasteiger partial charge >= 0.3 is 10.1 Å². The highest BCUT2D eigenvalue weighted by Gasteiger charge is 2.43. The van der Waals surface area contributed by atoms with Crippen molar-refractivity contribution in [1.82, 2.24) is 4.90 Å². The molecule has 0 N–H and O–H groups in total. The molecule has 7 nitrogen and oxygen atoms in total. The van der Waals surface area contributed by atoms with Crippen molar-refractivity contribution in [2.75, 3.05) is 13.2 Å². The zero-order valence-corrected chi connectivity index (χ0v) is 23.9. The van der Waals surface area contributed by atoms with Crippen molar-refractivity contribution in [3.63, 3.8) is 0 Å². The van der Waals surface area contributed by atoms with Crippen molar-refractivity contribution in [1.29, 1.82) is 0 Å². The molecular formula is C32H35NO6S. The van der Waals surface area contributed by atoms with Crippen molar-refractivity contribution >= 4 is 21.7 Å². The SMILES string of the molecule is C=CCc1cc(C2C3=C(CCCC3=O)N(CC)C3=C2C(=O)CCC3)cc(OCC)c1OS(=O)(=O)c1ccccc1. The highest BCUT2D eigenvalue weighted by molar-refractivity contribution is 7.87. The van der Waals surface area contributed by atoms with Crippen LogP contribution in [0.4, 0.5) is 0 Å². The molecule has 0 bridgehead atoms. The molecule has 1 heterocycles. The number of benzene rings is 2. The van der Waals surface area contributed by atoms with Crippen LogP contribution in [0.1, 0.15) is 69.4 Å². The van der Waals surface area contributed by atoms with Gasteiger partial charge in [0.25, 0.3) is 0 Å². The Labute approximate surface area is 236 Å². The molecule has 0 atom stereocenters. The number of ketones is 2. The van der Waals surface area contributed by atoms with Crippen molar-refractivity contribution < 1.29 is 26.9 Å². The Kier molecular flexibility index (Phi) is 7.99. The zero-order valence-electron chi connectivity index (χ0n) is 23.1. The third-order valence-electron chi connectivity index (χ3n) is 7.78. The van der Waals surface area contributed by atoms with E-state index < -0.39 is 16.0 Å². The lowest BCUT2D eigenvalue weighted by atomic mass is 9.70. The number of rotatable bonds is 9. The Morgan fingerprint density at radius 3 is 2.12 bits per heavy atom. The van der Waals surface area contributed by atoms with Crippen LogP contribution in [0.5, 0.6) is 11.5 Å². The number of allylic oxidation sites excluding steroid dienone is 5.